The number of ether oxygens (including phenoxy) is 1. The fourth-order valence-corrected chi connectivity index (χ4v) is 3.40. The lowest BCUT2D eigenvalue weighted by Gasteiger charge is -2.18. The molecule has 0 bridgehead atoms. The summed E-state index contributed by atoms with van der Waals surface area (Å²) in [5, 5.41) is 16.4. The molecule has 0 aliphatic rings. The molecule has 35 heavy (non-hydrogen) atoms. The highest BCUT2D eigenvalue weighted by molar-refractivity contribution is 6.31. The number of carboxylic acids is 1. The van der Waals surface area contributed by atoms with E-state index in [1.54, 1.807) is 51.1 Å². The first-order valence-corrected chi connectivity index (χ1v) is 11.1. The average Bonchev–Trinajstić information content (AvgIpc) is 3.21. The number of amides is 1. The van der Waals surface area contributed by atoms with Crippen LogP contribution in [0.2, 0.25) is 5.02 Å². The van der Waals surface area contributed by atoms with E-state index >= 15 is 0 Å². The van der Waals surface area contributed by atoms with Crippen molar-refractivity contribution in [1.29, 1.82) is 0 Å². The SMILES string of the molecule is CC(C)(C)C(=O)COc1cc(C(=O)N[C@@H](CC(=O)O)c2ccccc2Cl)nn1-c1ccccc1F. The van der Waals surface area contributed by atoms with Gasteiger partial charge in [-0.15, -0.1) is 0 Å². The Morgan fingerprint density at radius 2 is 1.80 bits per heavy atom. The minimum atomic E-state index is -1.14. The van der Waals surface area contributed by atoms with Crippen LogP contribution in [0.25, 0.3) is 5.69 Å². The molecule has 0 saturated heterocycles. The third kappa shape index (κ3) is 6.45. The second-order valence-electron chi connectivity index (χ2n) is 8.84. The number of carbonyl (C=O) groups excluding carboxylic acids is 2. The molecule has 0 radical (unpaired) electrons. The molecule has 0 spiro atoms. The Morgan fingerprint density at radius 1 is 1.14 bits per heavy atom. The van der Waals surface area contributed by atoms with Gasteiger partial charge in [0.25, 0.3) is 5.91 Å². The fraction of sp³-hybridized carbons (Fsp3) is 0.280. The van der Waals surface area contributed by atoms with Crippen LogP contribution in [0.3, 0.4) is 0 Å². The van der Waals surface area contributed by atoms with Crippen LogP contribution in [0.1, 0.15) is 49.3 Å². The van der Waals surface area contributed by atoms with E-state index < -0.39 is 35.6 Å². The average molecular weight is 502 g/mol. The summed E-state index contributed by atoms with van der Waals surface area (Å²) in [6, 6.07) is 12.6. The minimum Gasteiger partial charge on any atom is -0.481 e. The lowest BCUT2D eigenvalue weighted by Crippen LogP contribution is -2.30. The predicted molar refractivity (Wildman–Crippen MR) is 127 cm³/mol. The van der Waals surface area contributed by atoms with Crippen LogP contribution < -0.4 is 10.1 Å². The first-order valence-electron chi connectivity index (χ1n) is 10.8. The molecule has 1 heterocycles. The zero-order valence-corrected chi connectivity index (χ0v) is 20.2. The maximum absolute atomic E-state index is 14.5. The maximum Gasteiger partial charge on any atom is 0.305 e. The first-order chi connectivity index (χ1) is 16.5. The van der Waals surface area contributed by atoms with Crippen molar-refractivity contribution in [3.05, 3.63) is 76.7 Å². The van der Waals surface area contributed by atoms with Gasteiger partial charge in [0.1, 0.15) is 18.1 Å². The van der Waals surface area contributed by atoms with Gasteiger partial charge < -0.3 is 15.2 Å². The summed E-state index contributed by atoms with van der Waals surface area (Å²) in [7, 11) is 0. The molecular formula is C25H25ClFN3O5. The monoisotopic (exact) mass is 501 g/mol. The van der Waals surface area contributed by atoms with E-state index in [1.165, 1.54) is 24.3 Å². The highest BCUT2D eigenvalue weighted by Crippen LogP contribution is 2.27. The molecule has 0 aliphatic carbocycles. The van der Waals surface area contributed by atoms with Crippen molar-refractivity contribution in [3.63, 3.8) is 0 Å². The zero-order chi connectivity index (χ0) is 25.8. The first kappa shape index (κ1) is 25.9. The number of nitrogens with zero attached hydrogens (tertiary/aromatic N) is 2. The third-order valence-corrected chi connectivity index (χ3v) is 5.49. The smallest absolute Gasteiger partial charge is 0.305 e. The van der Waals surface area contributed by atoms with E-state index in [4.69, 9.17) is 16.3 Å². The highest BCUT2D eigenvalue weighted by Gasteiger charge is 2.26. The van der Waals surface area contributed by atoms with E-state index in [1.807, 2.05) is 0 Å². The molecular weight excluding hydrogens is 477 g/mol. The third-order valence-electron chi connectivity index (χ3n) is 5.14. The largest absolute Gasteiger partial charge is 0.481 e. The molecule has 1 atom stereocenters. The van der Waals surface area contributed by atoms with Crippen molar-refractivity contribution in [1.82, 2.24) is 15.1 Å². The lowest BCUT2D eigenvalue weighted by atomic mass is 9.91. The predicted octanol–water partition coefficient (Wildman–Crippen LogP) is 4.60. The summed E-state index contributed by atoms with van der Waals surface area (Å²) < 4.78 is 21.2. The molecule has 2 aromatic carbocycles. The Labute approximate surface area is 206 Å². The molecule has 0 unspecified atom stereocenters. The van der Waals surface area contributed by atoms with Crippen molar-refractivity contribution >= 4 is 29.3 Å². The number of benzene rings is 2. The molecule has 0 fully saturated rings. The number of aliphatic carboxylic acids is 1. The number of carboxylic acid groups (broad SMARTS) is 1. The van der Waals surface area contributed by atoms with E-state index in [0.29, 0.717) is 10.6 Å². The van der Waals surface area contributed by atoms with Crippen molar-refractivity contribution in [2.45, 2.75) is 33.2 Å². The van der Waals surface area contributed by atoms with Crippen LogP contribution in [0, 0.1) is 11.2 Å². The summed E-state index contributed by atoms with van der Waals surface area (Å²) in [6.07, 6.45) is -0.424. The number of para-hydroxylation sites is 1. The molecule has 2 N–H and O–H groups in total. The van der Waals surface area contributed by atoms with Gasteiger partial charge in [0.15, 0.2) is 11.5 Å². The van der Waals surface area contributed by atoms with Gasteiger partial charge in [0.2, 0.25) is 5.88 Å². The Bertz CT molecular complexity index is 1250. The number of hydrogen-bond acceptors (Lipinski definition) is 5. The molecule has 10 heteroatoms. The zero-order valence-electron chi connectivity index (χ0n) is 19.4. The maximum atomic E-state index is 14.5. The Kier molecular flexibility index (Phi) is 7.91. The number of aromatic nitrogens is 2. The summed E-state index contributed by atoms with van der Waals surface area (Å²) in [4.78, 5) is 36.8. The number of hydrogen-bond donors (Lipinski definition) is 2. The standard InChI is InChI=1S/C25H25ClFN3O5/c1-25(2,3)21(31)14-35-22-12-19(29-30(22)20-11-7-6-10-17(20)27)24(34)28-18(13-23(32)33)15-8-4-5-9-16(15)26/h4-12,18H,13-14H2,1-3H3,(H,28,34)(H,32,33)/t18-/m0/s1. The van der Waals surface area contributed by atoms with Gasteiger partial charge >= 0.3 is 5.97 Å². The van der Waals surface area contributed by atoms with Gasteiger partial charge in [0, 0.05) is 16.5 Å². The van der Waals surface area contributed by atoms with E-state index in [2.05, 4.69) is 10.4 Å². The number of ketones is 1. The minimum absolute atomic E-state index is 0.0120. The van der Waals surface area contributed by atoms with Crippen LogP contribution in [0.4, 0.5) is 4.39 Å². The number of halogens is 2. The molecule has 3 aromatic rings. The van der Waals surface area contributed by atoms with Crippen LogP contribution in [0.15, 0.2) is 54.6 Å². The summed E-state index contributed by atoms with van der Waals surface area (Å²) in [6.45, 7) is 4.90. The van der Waals surface area contributed by atoms with Gasteiger partial charge in [-0.05, 0) is 23.8 Å². The number of nitrogens with one attached hydrogen (secondary N) is 1. The number of carbonyl (C=O) groups is 3. The molecule has 8 nitrogen and oxygen atoms in total. The summed E-state index contributed by atoms with van der Waals surface area (Å²) in [5.41, 5.74) is -0.389. The van der Waals surface area contributed by atoms with Crippen molar-refractivity contribution in [2.75, 3.05) is 6.61 Å². The second kappa shape index (κ2) is 10.7. The molecule has 184 valence electrons. The van der Waals surface area contributed by atoms with Crippen molar-refractivity contribution in [3.8, 4) is 11.6 Å². The Hall–Kier alpha value is -3.72. The van der Waals surface area contributed by atoms with E-state index in [9.17, 15) is 23.9 Å². The van der Waals surface area contributed by atoms with E-state index in [-0.39, 0.29) is 29.7 Å². The molecule has 1 amide bonds. The van der Waals surface area contributed by atoms with Gasteiger partial charge in [-0.3, -0.25) is 14.4 Å². The number of rotatable bonds is 9. The van der Waals surface area contributed by atoms with Gasteiger partial charge in [-0.1, -0.05) is 62.7 Å². The normalized spacial score (nSPS) is 12.1. The van der Waals surface area contributed by atoms with Crippen LogP contribution >= 0.6 is 11.6 Å². The summed E-state index contributed by atoms with van der Waals surface area (Å²) in [5.74, 6) is -2.71. The Balaban J connectivity index is 1.95. The van der Waals surface area contributed by atoms with Gasteiger partial charge in [0.05, 0.1) is 12.5 Å². The molecule has 3 rings (SSSR count). The molecule has 0 aliphatic heterocycles. The van der Waals surface area contributed by atoms with Crippen LogP contribution in [0.5, 0.6) is 5.88 Å². The molecule has 1 aromatic heterocycles. The van der Waals surface area contributed by atoms with Gasteiger partial charge in [-0.2, -0.15) is 9.78 Å². The fourth-order valence-electron chi connectivity index (χ4n) is 3.13. The summed E-state index contributed by atoms with van der Waals surface area (Å²) >= 11 is 6.21. The van der Waals surface area contributed by atoms with Crippen molar-refractivity contribution < 1.29 is 28.6 Å². The lowest BCUT2D eigenvalue weighted by molar-refractivity contribution is -0.137. The second-order valence-corrected chi connectivity index (χ2v) is 9.25. The van der Waals surface area contributed by atoms with Gasteiger partial charge in [-0.25, -0.2) is 4.39 Å². The van der Waals surface area contributed by atoms with Crippen LogP contribution in [-0.4, -0.2) is 39.2 Å². The van der Waals surface area contributed by atoms with E-state index in [0.717, 1.165) is 4.68 Å². The van der Waals surface area contributed by atoms with Crippen molar-refractivity contribution in [2.24, 2.45) is 5.41 Å². The quantitative estimate of drug-likeness (QED) is 0.443. The van der Waals surface area contributed by atoms with Crippen LogP contribution in [-0.2, 0) is 9.59 Å². The Morgan fingerprint density at radius 3 is 2.43 bits per heavy atom. The number of Topliss-reactive ketones (excluding diaryl/α,β-unsaturated/α-hetero) is 1. The molecule has 0 saturated carbocycles. The highest BCUT2D eigenvalue weighted by atomic mass is 35.5. The topological polar surface area (TPSA) is 111 Å².